The van der Waals surface area contributed by atoms with Crippen molar-refractivity contribution < 1.29 is 9.59 Å². The molecule has 0 aliphatic carbocycles. The monoisotopic (exact) mass is 316 g/mol. The highest BCUT2D eigenvalue weighted by atomic mass is 35.5. The molecule has 0 bridgehead atoms. The predicted octanol–water partition coefficient (Wildman–Crippen LogP) is 1.50. The lowest BCUT2D eigenvalue weighted by Crippen LogP contribution is -2.37. The molecule has 6 nitrogen and oxygen atoms in total. The minimum Gasteiger partial charge on any atom is -0.344 e. The van der Waals surface area contributed by atoms with Crippen molar-refractivity contribution in [2.45, 2.75) is 6.54 Å². The van der Waals surface area contributed by atoms with Crippen molar-refractivity contribution >= 4 is 29.6 Å². The molecule has 0 fully saturated rings. The molecule has 2 aromatic rings. The van der Waals surface area contributed by atoms with Gasteiger partial charge in [-0.25, -0.2) is 5.43 Å². The van der Waals surface area contributed by atoms with Crippen molar-refractivity contribution in [1.29, 1.82) is 0 Å². The highest BCUT2D eigenvalue weighted by Gasteiger charge is 2.11. The summed E-state index contributed by atoms with van der Waals surface area (Å²) in [6, 6.07) is 12.2. The first-order chi connectivity index (χ1) is 10.6. The lowest BCUT2D eigenvalue weighted by atomic mass is 10.2. The highest BCUT2D eigenvalue weighted by molar-refractivity contribution is 6.35. The number of aromatic nitrogens is 1. The van der Waals surface area contributed by atoms with Crippen molar-refractivity contribution in [3.05, 3.63) is 64.9 Å². The maximum absolute atomic E-state index is 11.6. The van der Waals surface area contributed by atoms with E-state index >= 15 is 0 Å². The van der Waals surface area contributed by atoms with Gasteiger partial charge in [-0.2, -0.15) is 5.10 Å². The molecule has 0 unspecified atom stereocenters. The summed E-state index contributed by atoms with van der Waals surface area (Å²) in [5.41, 5.74) is 3.54. The Morgan fingerprint density at radius 3 is 2.59 bits per heavy atom. The molecule has 0 spiro atoms. The van der Waals surface area contributed by atoms with E-state index < -0.39 is 11.8 Å². The fourth-order valence-corrected chi connectivity index (χ4v) is 1.65. The van der Waals surface area contributed by atoms with E-state index in [1.54, 1.807) is 48.7 Å². The minimum atomic E-state index is -0.846. The van der Waals surface area contributed by atoms with Crippen LogP contribution < -0.4 is 10.7 Å². The second kappa shape index (κ2) is 7.90. The van der Waals surface area contributed by atoms with Crippen LogP contribution in [0.4, 0.5) is 0 Å². The van der Waals surface area contributed by atoms with Crippen molar-refractivity contribution in [2.75, 3.05) is 0 Å². The Bertz CT molecular complexity index is 672. The van der Waals surface area contributed by atoms with E-state index in [-0.39, 0.29) is 6.54 Å². The molecule has 2 rings (SSSR count). The van der Waals surface area contributed by atoms with Gasteiger partial charge in [-0.1, -0.05) is 29.8 Å². The molecule has 0 atom stereocenters. The summed E-state index contributed by atoms with van der Waals surface area (Å²) in [6.45, 7) is 0.230. The van der Waals surface area contributed by atoms with Crippen LogP contribution in [0.25, 0.3) is 0 Å². The van der Waals surface area contributed by atoms with E-state index in [1.807, 2.05) is 0 Å². The first-order valence-corrected chi connectivity index (χ1v) is 6.79. The number of carbonyl (C=O) groups is 2. The van der Waals surface area contributed by atoms with Gasteiger partial charge in [0.2, 0.25) is 0 Å². The van der Waals surface area contributed by atoms with Gasteiger partial charge in [0.25, 0.3) is 0 Å². The molecule has 2 amide bonds. The van der Waals surface area contributed by atoms with Crippen LogP contribution in [0.5, 0.6) is 0 Å². The molecule has 1 heterocycles. The van der Waals surface area contributed by atoms with Crippen LogP contribution >= 0.6 is 11.6 Å². The molecule has 0 aliphatic rings. The number of amides is 2. The number of hydrogen-bond donors (Lipinski definition) is 2. The van der Waals surface area contributed by atoms with Crippen LogP contribution in [-0.4, -0.2) is 23.0 Å². The Balaban J connectivity index is 1.78. The topological polar surface area (TPSA) is 83.5 Å². The Kier molecular flexibility index (Phi) is 5.62. The van der Waals surface area contributed by atoms with Crippen molar-refractivity contribution in [1.82, 2.24) is 15.7 Å². The van der Waals surface area contributed by atoms with E-state index in [0.717, 1.165) is 5.56 Å². The zero-order valence-corrected chi connectivity index (χ0v) is 12.2. The molecule has 1 aromatic carbocycles. The van der Waals surface area contributed by atoms with Gasteiger partial charge in [0.05, 0.1) is 11.9 Å². The van der Waals surface area contributed by atoms with Gasteiger partial charge in [0.15, 0.2) is 0 Å². The van der Waals surface area contributed by atoms with Crippen LogP contribution in [0.2, 0.25) is 5.02 Å². The van der Waals surface area contributed by atoms with Gasteiger partial charge in [0, 0.05) is 17.8 Å². The first kappa shape index (κ1) is 15.7. The zero-order valence-electron chi connectivity index (χ0n) is 11.5. The van der Waals surface area contributed by atoms with Gasteiger partial charge in [-0.05, 0) is 29.8 Å². The molecule has 1 aromatic heterocycles. The highest BCUT2D eigenvalue weighted by Crippen LogP contribution is 2.08. The lowest BCUT2D eigenvalue weighted by molar-refractivity contribution is -0.139. The first-order valence-electron chi connectivity index (χ1n) is 6.42. The van der Waals surface area contributed by atoms with Crippen LogP contribution in [0.15, 0.2) is 53.8 Å². The predicted molar refractivity (Wildman–Crippen MR) is 83.3 cm³/mol. The molecule has 0 saturated carbocycles. The number of hydrogen-bond acceptors (Lipinski definition) is 4. The van der Waals surface area contributed by atoms with E-state index in [9.17, 15) is 9.59 Å². The summed E-state index contributed by atoms with van der Waals surface area (Å²) in [7, 11) is 0. The molecular formula is C15H13ClN4O2. The number of benzene rings is 1. The molecular weight excluding hydrogens is 304 g/mol. The molecule has 7 heteroatoms. The lowest BCUT2D eigenvalue weighted by Gasteiger charge is -2.04. The molecule has 22 heavy (non-hydrogen) atoms. The molecule has 0 aliphatic heterocycles. The van der Waals surface area contributed by atoms with Crippen LogP contribution in [0.3, 0.4) is 0 Å². The summed E-state index contributed by atoms with van der Waals surface area (Å²) in [5.74, 6) is -1.62. The smallest absolute Gasteiger partial charge is 0.329 e. The fraction of sp³-hybridized carbons (Fsp3) is 0.0667. The number of nitrogens with one attached hydrogen (secondary N) is 2. The van der Waals surface area contributed by atoms with Gasteiger partial charge in [-0.3, -0.25) is 14.6 Å². The maximum Gasteiger partial charge on any atom is 0.329 e. The second-order valence-electron chi connectivity index (χ2n) is 4.26. The van der Waals surface area contributed by atoms with E-state index in [2.05, 4.69) is 20.8 Å². The summed E-state index contributed by atoms with van der Waals surface area (Å²) in [4.78, 5) is 27.1. The van der Waals surface area contributed by atoms with E-state index in [1.165, 1.54) is 6.21 Å². The van der Waals surface area contributed by atoms with Gasteiger partial charge in [-0.15, -0.1) is 0 Å². The molecule has 2 N–H and O–H groups in total. The van der Waals surface area contributed by atoms with E-state index in [4.69, 9.17) is 11.6 Å². The summed E-state index contributed by atoms with van der Waals surface area (Å²) in [5, 5.41) is 6.76. The van der Waals surface area contributed by atoms with Crippen molar-refractivity contribution in [2.24, 2.45) is 5.10 Å². The Labute approximate surface area is 132 Å². The number of halogens is 1. The Morgan fingerprint density at radius 1 is 1.14 bits per heavy atom. The average molecular weight is 317 g/mol. The fourth-order valence-electron chi connectivity index (χ4n) is 1.53. The van der Waals surface area contributed by atoms with Gasteiger partial charge in [0.1, 0.15) is 0 Å². The minimum absolute atomic E-state index is 0.230. The van der Waals surface area contributed by atoms with Crippen molar-refractivity contribution in [3.8, 4) is 0 Å². The number of nitrogens with zero attached hydrogens (tertiary/aromatic N) is 2. The third-order valence-electron chi connectivity index (χ3n) is 2.62. The molecule has 0 saturated heterocycles. The van der Waals surface area contributed by atoms with E-state index in [0.29, 0.717) is 10.7 Å². The SMILES string of the molecule is O=C(NCc1ccc(Cl)cc1)C(=O)N/N=C\c1ccccn1. The third kappa shape index (κ3) is 4.99. The van der Waals surface area contributed by atoms with Crippen LogP contribution in [0, 0.1) is 0 Å². The normalized spacial score (nSPS) is 10.4. The second-order valence-corrected chi connectivity index (χ2v) is 4.70. The van der Waals surface area contributed by atoms with Crippen LogP contribution in [0.1, 0.15) is 11.3 Å². The summed E-state index contributed by atoms with van der Waals surface area (Å²) < 4.78 is 0. The summed E-state index contributed by atoms with van der Waals surface area (Å²) in [6.07, 6.45) is 2.95. The maximum atomic E-state index is 11.6. The van der Waals surface area contributed by atoms with Crippen molar-refractivity contribution in [3.63, 3.8) is 0 Å². The summed E-state index contributed by atoms with van der Waals surface area (Å²) >= 11 is 5.76. The Morgan fingerprint density at radius 2 is 1.91 bits per heavy atom. The Hall–Kier alpha value is -2.73. The average Bonchev–Trinajstić information content (AvgIpc) is 2.55. The number of rotatable bonds is 4. The van der Waals surface area contributed by atoms with Crippen LogP contribution in [-0.2, 0) is 16.1 Å². The van der Waals surface area contributed by atoms with Gasteiger partial charge >= 0.3 is 11.8 Å². The quantitative estimate of drug-likeness (QED) is 0.509. The number of hydrazone groups is 1. The molecule has 112 valence electrons. The number of carbonyl (C=O) groups excluding carboxylic acids is 2. The van der Waals surface area contributed by atoms with Gasteiger partial charge < -0.3 is 5.32 Å². The molecule has 0 radical (unpaired) electrons. The number of pyridine rings is 1. The third-order valence-corrected chi connectivity index (χ3v) is 2.88. The zero-order chi connectivity index (χ0) is 15.8. The standard InChI is InChI=1S/C15H13ClN4O2/c16-12-6-4-11(5-7-12)9-18-14(21)15(22)20-19-10-13-3-1-2-8-17-13/h1-8,10H,9H2,(H,18,21)(H,20,22)/b19-10-. The largest absolute Gasteiger partial charge is 0.344 e.